The van der Waals surface area contributed by atoms with Gasteiger partial charge in [0.2, 0.25) is 0 Å². The van der Waals surface area contributed by atoms with Gasteiger partial charge >= 0.3 is 0 Å². The average Bonchev–Trinajstić information content (AvgIpc) is 2.64. The summed E-state index contributed by atoms with van der Waals surface area (Å²) < 4.78 is 0. The Labute approximate surface area is 161 Å². The molecule has 0 spiro atoms. The molecule has 2 aromatic carbocycles. The molecular formula is C20H16ClN5O. The fraction of sp³-hybridized carbons (Fsp3) is 0.100. The number of carbonyl (C=O) groups is 1. The second-order valence-electron chi connectivity index (χ2n) is 5.89. The Bertz CT molecular complexity index is 1060. The van der Waals surface area contributed by atoms with E-state index in [0.717, 1.165) is 5.56 Å². The Morgan fingerprint density at radius 2 is 1.89 bits per heavy atom. The van der Waals surface area contributed by atoms with Crippen LogP contribution < -0.4 is 10.6 Å². The number of nitrogens with zero attached hydrogens (tertiary/aromatic N) is 3. The van der Waals surface area contributed by atoms with Gasteiger partial charge in [-0.25, -0.2) is 9.97 Å². The van der Waals surface area contributed by atoms with Crippen molar-refractivity contribution in [2.24, 2.45) is 0 Å². The van der Waals surface area contributed by atoms with Crippen LogP contribution in [0.15, 0.2) is 48.5 Å². The Kier molecular flexibility index (Phi) is 5.34. The van der Waals surface area contributed by atoms with E-state index in [9.17, 15) is 10.1 Å². The zero-order chi connectivity index (χ0) is 19.4. The number of aromatic nitrogens is 2. The van der Waals surface area contributed by atoms with Gasteiger partial charge in [-0.2, -0.15) is 5.26 Å². The molecule has 2 N–H and O–H groups in total. The van der Waals surface area contributed by atoms with Crippen LogP contribution in [0.3, 0.4) is 0 Å². The molecule has 0 unspecified atom stereocenters. The number of amides is 1. The molecule has 0 bridgehead atoms. The number of nitrogens with one attached hydrogen (secondary N) is 2. The molecule has 0 radical (unpaired) electrons. The van der Waals surface area contributed by atoms with Crippen LogP contribution in [-0.2, 0) is 0 Å². The van der Waals surface area contributed by atoms with Crippen molar-refractivity contribution in [2.45, 2.75) is 13.8 Å². The minimum atomic E-state index is -0.378. The van der Waals surface area contributed by atoms with Crippen molar-refractivity contribution in [1.82, 2.24) is 9.97 Å². The molecule has 0 aliphatic carbocycles. The molecule has 3 aromatic rings. The molecule has 27 heavy (non-hydrogen) atoms. The van der Waals surface area contributed by atoms with E-state index >= 15 is 0 Å². The van der Waals surface area contributed by atoms with E-state index < -0.39 is 0 Å². The van der Waals surface area contributed by atoms with Gasteiger partial charge in [0.25, 0.3) is 5.91 Å². The lowest BCUT2D eigenvalue weighted by molar-refractivity contribution is 0.102. The third-order valence-corrected chi connectivity index (χ3v) is 4.22. The van der Waals surface area contributed by atoms with Gasteiger partial charge < -0.3 is 10.6 Å². The van der Waals surface area contributed by atoms with Crippen LogP contribution >= 0.6 is 11.6 Å². The largest absolute Gasteiger partial charge is 0.339 e. The molecule has 3 rings (SSSR count). The summed E-state index contributed by atoms with van der Waals surface area (Å²) in [7, 11) is 0. The van der Waals surface area contributed by atoms with Crippen LogP contribution in [0.25, 0.3) is 0 Å². The van der Waals surface area contributed by atoms with Gasteiger partial charge in [-0.05, 0) is 43.7 Å². The van der Waals surface area contributed by atoms with Crippen molar-refractivity contribution < 1.29 is 4.79 Å². The van der Waals surface area contributed by atoms with E-state index in [1.807, 2.05) is 19.1 Å². The summed E-state index contributed by atoms with van der Waals surface area (Å²) in [6, 6.07) is 16.0. The van der Waals surface area contributed by atoms with Crippen LogP contribution in [0.5, 0.6) is 0 Å². The highest BCUT2D eigenvalue weighted by Gasteiger charge is 2.12. The molecule has 0 saturated heterocycles. The lowest BCUT2D eigenvalue weighted by Gasteiger charge is -2.10. The highest BCUT2D eigenvalue weighted by molar-refractivity contribution is 6.31. The minimum Gasteiger partial charge on any atom is -0.339 e. The SMILES string of the molecule is Cc1nc(Nc2ccccc2C#N)cc(C(=O)Nc2ccc(C)c(Cl)c2)n1. The highest BCUT2D eigenvalue weighted by atomic mass is 35.5. The fourth-order valence-electron chi connectivity index (χ4n) is 2.44. The molecule has 0 fully saturated rings. The molecule has 134 valence electrons. The maximum absolute atomic E-state index is 12.6. The summed E-state index contributed by atoms with van der Waals surface area (Å²) in [4.78, 5) is 21.0. The quantitative estimate of drug-likeness (QED) is 0.692. The monoisotopic (exact) mass is 377 g/mol. The Hall–Kier alpha value is -3.43. The number of benzene rings is 2. The Morgan fingerprint density at radius 1 is 1.11 bits per heavy atom. The van der Waals surface area contributed by atoms with Crippen molar-refractivity contribution >= 4 is 34.7 Å². The van der Waals surface area contributed by atoms with E-state index in [1.165, 1.54) is 6.07 Å². The maximum atomic E-state index is 12.6. The summed E-state index contributed by atoms with van der Waals surface area (Å²) >= 11 is 6.10. The first kappa shape index (κ1) is 18.4. The van der Waals surface area contributed by atoms with E-state index in [2.05, 4.69) is 26.7 Å². The van der Waals surface area contributed by atoms with Crippen molar-refractivity contribution in [2.75, 3.05) is 10.6 Å². The predicted octanol–water partition coefficient (Wildman–Crippen LogP) is 4.61. The summed E-state index contributed by atoms with van der Waals surface area (Å²) in [6.07, 6.45) is 0. The molecule has 0 aliphatic heterocycles. The lowest BCUT2D eigenvalue weighted by Crippen LogP contribution is -2.15. The van der Waals surface area contributed by atoms with Crippen molar-refractivity contribution in [3.05, 3.63) is 76.2 Å². The standard InChI is InChI=1S/C20H16ClN5O/c1-12-7-8-15(9-16(12)21)25-20(27)18-10-19(24-13(2)23-18)26-17-6-4-3-5-14(17)11-22/h3-10H,1-2H3,(H,25,27)(H,23,24,26). The third kappa shape index (κ3) is 4.40. The first-order chi connectivity index (χ1) is 13.0. The van der Waals surface area contributed by atoms with Crippen LogP contribution in [0.2, 0.25) is 5.02 Å². The zero-order valence-corrected chi connectivity index (χ0v) is 15.5. The number of hydrogen-bond acceptors (Lipinski definition) is 5. The van der Waals surface area contributed by atoms with E-state index in [-0.39, 0.29) is 11.6 Å². The van der Waals surface area contributed by atoms with Crippen LogP contribution in [0.1, 0.15) is 27.4 Å². The second-order valence-corrected chi connectivity index (χ2v) is 6.29. The number of nitriles is 1. The molecule has 6 nitrogen and oxygen atoms in total. The molecule has 1 heterocycles. The summed E-state index contributed by atoms with van der Waals surface area (Å²) in [5, 5.41) is 15.6. The topological polar surface area (TPSA) is 90.7 Å². The van der Waals surface area contributed by atoms with E-state index in [0.29, 0.717) is 33.6 Å². The first-order valence-corrected chi connectivity index (χ1v) is 8.53. The summed E-state index contributed by atoms with van der Waals surface area (Å²) in [6.45, 7) is 3.58. The first-order valence-electron chi connectivity index (χ1n) is 8.15. The van der Waals surface area contributed by atoms with Crippen LogP contribution in [0.4, 0.5) is 17.2 Å². The highest BCUT2D eigenvalue weighted by Crippen LogP contribution is 2.22. The lowest BCUT2D eigenvalue weighted by atomic mass is 10.2. The smallest absolute Gasteiger partial charge is 0.274 e. The number of para-hydroxylation sites is 1. The molecule has 7 heteroatoms. The van der Waals surface area contributed by atoms with E-state index in [1.54, 1.807) is 37.3 Å². The molecule has 0 aliphatic rings. The minimum absolute atomic E-state index is 0.205. The molecule has 0 atom stereocenters. The third-order valence-electron chi connectivity index (χ3n) is 3.81. The summed E-state index contributed by atoms with van der Waals surface area (Å²) in [5.41, 5.74) is 2.80. The summed E-state index contributed by atoms with van der Waals surface area (Å²) in [5.74, 6) is 0.482. The number of rotatable bonds is 4. The number of carbonyl (C=O) groups excluding carboxylic acids is 1. The van der Waals surface area contributed by atoms with Crippen LogP contribution in [0, 0.1) is 25.2 Å². The normalized spacial score (nSPS) is 10.1. The van der Waals surface area contributed by atoms with Gasteiger partial charge in [-0.15, -0.1) is 0 Å². The van der Waals surface area contributed by atoms with Crippen molar-refractivity contribution in [3.8, 4) is 6.07 Å². The molecular weight excluding hydrogens is 362 g/mol. The van der Waals surface area contributed by atoms with Crippen molar-refractivity contribution in [3.63, 3.8) is 0 Å². The van der Waals surface area contributed by atoms with Crippen LogP contribution in [-0.4, -0.2) is 15.9 Å². The fourth-order valence-corrected chi connectivity index (χ4v) is 2.62. The van der Waals surface area contributed by atoms with Gasteiger partial charge in [0.05, 0.1) is 11.3 Å². The maximum Gasteiger partial charge on any atom is 0.274 e. The zero-order valence-electron chi connectivity index (χ0n) is 14.7. The van der Waals surface area contributed by atoms with Gasteiger partial charge in [-0.1, -0.05) is 29.8 Å². The van der Waals surface area contributed by atoms with Gasteiger partial charge in [0, 0.05) is 16.8 Å². The number of hydrogen-bond donors (Lipinski definition) is 2. The molecule has 1 amide bonds. The predicted molar refractivity (Wildman–Crippen MR) is 105 cm³/mol. The number of anilines is 3. The van der Waals surface area contributed by atoms with Gasteiger partial charge in [0.1, 0.15) is 23.4 Å². The number of aryl methyl sites for hydroxylation is 2. The Morgan fingerprint density at radius 3 is 2.63 bits per heavy atom. The van der Waals surface area contributed by atoms with E-state index in [4.69, 9.17) is 11.6 Å². The molecule has 0 saturated carbocycles. The second kappa shape index (κ2) is 7.85. The van der Waals surface area contributed by atoms with Gasteiger partial charge in [-0.3, -0.25) is 4.79 Å². The Balaban J connectivity index is 1.85. The van der Waals surface area contributed by atoms with Crippen molar-refractivity contribution in [1.29, 1.82) is 5.26 Å². The molecule has 1 aromatic heterocycles. The average molecular weight is 378 g/mol. The number of halogens is 1. The van der Waals surface area contributed by atoms with Gasteiger partial charge in [0.15, 0.2) is 0 Å².